The first-order valence-electron chi connectivity index (χ1n) is 6.57. The lowest BCUT2D eigenvalue weighted by atomic mass is 9.87. The molecule has 0 spiro atoms. The Balaban J connectivity index is 1.85. The summed E-state index contributed by atoms with van der Waals surface area (Å²) in [6, 6.07) is 13.2. The molecule has 2 aliphatic rings. The van der Waals surface area contributed by atoms with Crippen molar-refractivity contribution in [1.82, 2.24) is 0 Å². The van der Waals surface area contributed by atoms with Gasteiger partial charge in [-0.05, 0) is 41.8 Å². The molecule has 4 rings (SSSR count). The minimum absolute atomic E-state index is 0.255. The number of rotatable bonds is 2. The van der Waals surface area contributed by atoms with Gasteiger partial charge in [0, 0.05) is 16.8 Å². The van der Waals surface area contributed by atoms with Crippen molar-refractivity contribution in [2.75, 3.05) is 6.54 Å². The van der Waals surface area contributed by atoms with E-state index in [0.717, 1.165) is 13.0 Å². The van der Waals surface area contributed by atoms with Crippen LogP contribution in [0.25, 0.3) is 0 Å². The van der Waals surface area contributed by atoms with Gasteiger partial charge in [0.25, 0.3) is 0 Å². The van der Waals surface area contributed by atoms with E-state index in [2.05, 4.69) is 41.8 Å². The molecule has 1 aromatic heterocycles. The molecular weight excluding hydrogens is 238 g/mol. The molecule has 0 bridgehead atoms. The van der Waals surface area contributed by atoms with Gasteiger partial charge in [0.15, 0.2) is 0 Å². The van der Waals surface area contributed by atoms with E-state index in [0.29, 0.717) is 0 Å². The normalized spacial score (nSPS) is 20.1. The third-order valence-electron chi connectivity index (χ3n) is 4.12. The molecule has 1 aromatic carbocycles. The Morgan fingerprint density at radius 1 is 1.06 bits per heavy atom. The van der Waals surface area contributed by atoms with Crippen LogP contribution in [0.4, 0.5) is 0 Å². The molecule has 0 saturated heterocycles. The highest BCUT2D eigenvalue weighted by Gasteiger charge is 2.50. The van der Waals surface area contributed by atoms with Crippen LogP contribution in [0.2, 0.25) is 0 Å². The molecule has 1 nitrogen and oxygen atoms in total. The number of hydrogen-bond acceptors (Lipinski definition) is 2. The van der Waals surface area contributed by atoms with Crippen molar-refractivity contribution in [3.05, 3.63) is 57.8 Å². The molecule has 2 heterocycles. The number of aliphatic imine (C=N–C) groups is 1. The Labute approximate surface area is 111 Å². The molecule has 0 atom stereocenters. The van der Waals surface area contributed by atoms with Crippen LogP contribution >= 0.6 is 11.3 Å². The zero-order chi connectivity index (χ0) is 12.0. The van der Waals surface area contributed by atoms with Gasteiger partial charge in [0.05, 0.1) is 5.71 Å². The summed E-state index contributed by atoms with van der Waals surface area (Å²) in [5.41, 5.74) is 4.48. The Bertz CT molecular complexity index is 606. The van der Waals surface area contributed by atoms with Gasteiger partial charge in [-0.25, -0.2) is 0 Å². The van der Waals surface area contributed by atoms with Crippen molar-refractivity contribution in [2.45, 2.75) is 24.7 Å². The minimum atomic E-state index is 0.255. The van der Waals surface area contributed by atoms with E-state index in [1.54, 1.807) is 0 Å². The number of thiophene rings is 1. The highest BCUT2D eigenvalue weighted by atomic mass is 32.1. The molecule has 90 valence electrons. The summed E-state index contributed by atoms with van der Waals surface area (Å²) in [4.78, 5) is 6.38. The number of fused-ring (bicyclic) bond motifs is 1. The number of hydrogen-bond donors (Lipinski definition) is 0. The van der Waals surface area contributed by atoms with E-state index in [1.165, 1.54) is 34.6 Å². The maximum atomic E-state index is 4.88. The topological polar surface area (TPSA) is 12.4 Å². The van der Waals surface area contributed by atoms with E-state index in [1.807, 2.05) is 11.3 Å². The van der Waals surface area contributed by atoms with Gasteiger partial charge in [0.2, 0.25) is 0 Å². The minimum Gasteiger partial charge on any atom is -0.288 e. The van der Waals surface area contributed by atoms with E-state index < -0.39 is 0 Å². The van der Waals surface area contributed by atoms with Crippen LogP contribution < -0.4 is 0 Å². The predicted molar refractivity (Wildman–Crippen MR) is 76.8 cm³/mol. The number of nitrogens with zero attached hydrogens (tertiary/aromatic N) is 1. The average molecular weight is 253 g/mol. The molecule has 1 aliphatic heterocycles. The smallest absolute Gasteiger partial charge is 0.0537 e. The highest BCUT2D eigenvalue weighted by molar-refractivity contribution is 7.10. The Kier molecular flexibility index (Phi) is 2.21. The largest absolute Gasteiger partial charge is 0.288 e. The van der Waals surface area contributed by atoms with Gasteiger partial charge in [0.1, 0.15) is 0 Å². The maximum Gasteiger partial charge on any atom is 0.0537 e. The fourth-order valence-electron chi connectivity index (χ4n) is 3.03. The van der Waals surface area contributed by atoms with Gasteiger partial charge in [-0.15, -0.1) is 11.3 Å². The highest BCUT2D eigenvalue weighted by Crippen LogP contribution is 2.53. The molecule has 0 N–H and O–H groups in total. The molecule has 1 saturated carbocycles. The molecule has 0 unspecified atom stereocenters. The maximum absolute atomic E-state index is 4.88. The predicted octanol–water partition coefficient (Wildman–Crippen LogP) is 3.83. The van der Waals surface area contributed by atoms with E-state index in [-0.39, 0.29) is 5.41 Å². The van der Waals surface area contributed by atoms with Gasteiger partial charge < -0.3 is 0 Å². The lowest BCUT2D eigenvalue weighted by molar-refractivity contribution is 0.884. The molecule has 1 fully saturated rings. The summed E-state index contributed by atoms with van der Waals surface area (Å²) < 4.78 is 0. The summed E-state index contributed by atoms with van der Waals surface area (Å²) in [5.74, 6) is 0. The van der Waals surface area contributed by atoms with Crippen molar-refractivity contribution in [3.63, 3.8) is 0 Å². The van der Waals surface area contributed by atoms with Gasteiger partial charge in [-0.1, -0.05) is 30.3 Å². The first-order chi connectivity index (χ1) is 8.90. The SMILES string of the molecule is c1csc(C2(C3=NCCc4ccccc43)CC2)c1. The van der Waals surface area contributed by atoms with Crippen LogP contribution in [-0.2, 0) is 11.8 Å². The summed E-state index contributed by atoms with van der Waals surface area (Å²) in [5, 5.41) is 2.19. The zero-order valence-electron chi connectivity index (χ0n) is 10.2. The monoisotopic (exact) mass is 253 g/mol. The fraction of sp³-hybridized carbons (Fsp3) is 0.312. The van der Waals surface area contributed by atoms with Gasteiger partial charge >= 0.3 is 0 Å². The molecule has 0 radical (unpaired) electrons. The first kappa shape index (κ1) is 10.5. The van der Waals surface area contributed by atoms with Crippen molar-refractivity contribution in [2.24, 2.45) is 4.99 Å². The van der Waals surface area contributed by atoms with Crippen LogP contribution in [0.5, 0.6) is 0 Å². The second kappa shape index (κ2) is 3.79. The molecule has 1 aliphatic carbocycles. The molecule has 18 heavy (non-hydrogen) atoms. The zero-order valence-corrected chi connectivity index (χ0v) is 11.0. The van der Waals surface area contributed by atoms with Gasteiger partial charge in [-0.3, -0.25) is 4.99 Å². The summed E-state index contributed by atoms with van der Waals surface area (Å²) in [7, 11) is 0. The van der Waals surface area contributed by atoms with Crippen LogP contribution in [0.3, 0.4) is 0 Å². The van der Waals surface area contributed by atoms with Crippen LogP contribution in [0.1, 0.15) is 28.8 Å². The Morgan fingerprint density at radius 2 is 1.94 bits per heavy atom. The quantitative estimate of drug-likeness (QED) is 0.771. The van der Waals surface area contributed by atoms with Crippen molar-refractivity contribution < 1.29 is 0 Å². The second-order valence-electron chi connectivity index (χ2n) is 5.20. The van der Waals surface area contributed by atoms with Crippen molar-refractivity contribution in [3.8, 4) is 0 Å². The lowest BCUT2D eigenvalue weighted by Crippen LogP contribution is -2.25. The second-order valence-corrected chi connectivity index (χ2v) is 6.14. The first-order valence-corrected chi connectivity index (χ1v) is 7.45. The summed E-state index contributed by atoms with van der Waals surface area (Å²) in [6.07, 6.45) is 3.63. The van der Waals surface area contributed by atoms with E-state index in [9.17, 15) is 0 Å². The van der Waals surface area contributed by atoms with Crippen molar-refractivity contribution in [1.29, 1.82) is 0 Å². The Hall–Kier alpha value is -1.41. The number of benzene rings is 1. The lowest BCUT2D eigenvalue weighted by Gasteiger charge is -2.23. The Morgan fingerprint density at radius 3 is 2.72 bits per heavy atom. The van der Waals surface area contributed by atoms with Crippen LogP contribution in [0, 0.1) is 0 Å². The fourth-order valence-corrected chi connectivity index (χ4v) is 4.01. The molecule has 2 heteroatoms. The molecule has 2 aromatic rings. The average Bonchev–Trinajstić information content (AvgIpc) is 3.04. The third-order valence-corrected chi connectivity index (χ3v) is 5.19. The third kappa shape index (κ3) is 1.42. The summed E-state index contributed by atoms with van der Waals surface area (Å²) in [6.45, 7) is 0.958. The summed E-state index contributed by atoms with van der Waals surface area (Å²) >= 11 is 1.88. The standard InChI is InChI=1S/C16H15NS/c1-2-5-13-12(4-1)7-10-17-15(13)16(8-9-16)14-6-3-11-18-14/h1-6,11H,7-10H2. The van der Waals surface area contributed by atoms with Crippen LogP contribution in [0.15, 0.2) is 46.8 Å². The van der Waals surface area contributed by atoms with Gasteiger partial charge in [-0.2, -0.15) is 0 Å². The van der Waals surface area contributed by atoms with Crippen LogP contribution in [-0.4, -0.2) is 12.3 Å². The van der Waals surface area contributed by atoms with E-state index in [4.69, 9.17) is 4.99 Å². The van der Waals surface area contributed by atoms with Crippen molar-refractivity contribution >= 4 is 17.0 Å². The van der Waals surface area contributed by atoms with E-state index >= 15 is 0 Å². The molecular formula is C16H15NS. The molecule has 0 amide bonds.